The number of aliphatic carboxylic acids is 1. The summed E-state index contributed by atoms with van der Waals surface area (Å²) in [5, 5.41) is 17.8. The van der Waals surface area contributed by atoms with E-state index in [2.05, 4.69) is 0 Å². The molecule has 0 amide bonds. The lowest BCUT2D eigenvalue weighted by Crippen LogP contribution is -2.23. The third-order valence-corrected chi connectivity index (χ3v) is 2.22. The van der Waals surface area contributed by atoms with Gasteiger partial charge in [-0.2, -0.15) is 0 Å². The van der Waals surface area contributed by atoms with E-state index in [9.17, 15) is 14.3 Å². The monoisotopic (exact) mass is 227 g/mol. The van der Waals surface area contributed by atoms with Crippen LogP contribution in [0, 0.1) is 5.82 Å². The summed E-state index contributed by atoms with van der Waals surface area (Å²) in [5.41, 5.74) is 1.17. The van der Waals surface area contributed by atoms with E-state index in [0.29, 0.717) is 11.3 Å². The van der Waals surface area contributed by atoms with Gasteiger partial charge < -0.3 is 15.1 Å². The molecule has 0 aliphatic heterocycles. The van der Waals surface area contributed by atoms with Crippen molar-refractivity contribution in [2.24, 2.45) is 0 Å². The number of benzene rings is 1. The molecule has 88 valence electrons. The zero-order valence-corrected chi connectivity index (χ0v) is 9.14. The average Bonchev–Trinajstić information content (AvgIpc) is 2.16. The number of halogens is 1. The highest BCUT2D eigenvalue weighted by atomic mass is 19.1. The molecule has 4 nitrogen and oxygen atoms in total. The number of nitrogens with zero attached hydrogens (tertiary/aromatic N) is 1. The van der Waals surface area contributed by atoms with Crippen molar-refractivity contribution >= 4 is 11.7 Å². The summed E-state index contributed by atoms with van der Waals surface area (Å²) < 4.78 is 13.0. The molecular formula is C11H14FNO3. The number of hydrogen-bond donors (Lipinski definition) is 2. The topological polar surface area (TPSA) is 60.8 Å². The molecule has 5 heteroatoms. The highest BCUT2D eigenvalue weighted by Gasteiger charge is 2.17. The molecule has 0 aromatic heterocycles. The third-order valence-electron chi connectivity index (χ3n) is 2.22. The molecule has 0 fully saturated rings. The van der Waals surface area contributed by atoms with Crippen LogP contribution < -0.4 is 4.90 Å². The van der Waals surface area contributed by atoms with Gasteiger partial charge >= 0.3 is 5.97 Å². The van der Waals surface area contributed by atoms with Gasteiger partial charge in [-0.3, -0.25) is 0 Å². The Morgan fingerprint density at radius 2 is 2.12 bits per heavy atom. The molecule has 0 saturated heterocycles. The fourth-order valence-electron chi connectivity index (χ4n) is 1.45. The second kappa shape index (κ2) is 4.94. The largest absolute Gasteiger partial charge is 0.479 e. The molecule has 1 atom stereocenters. The van der Waals surface area contributed by atoms with Gasteiger partial charge in [-0.25, -0.2) is 9.18 Å². The van der Waals surface area contributed by atoms with Crippen LogP contribution in [-0.2, 0) is 11.2 Å². The molecular weight excluding hydrogens is 213 g/mol. The Balaban J connectivity index is 3.01. The summed E-state index contributed by atoms with van der Waals surface area (Å²) >= 11 is 0. The lowest BCUT2D eigenvalue weighted by molar-refractivity contribution is -0.146. The minimum absolute atomic E-state index is 0.111. The van der Waals surface area contributed by atoms with Crippen LogP contribution in [0.5, 0.6) is 0 Å². The van der Waals surface area contributed by atoms with Crippen molar-refractivity contribution < 1.29 is 19.4 Å². The normalized spacial score (nSPS) is 12.2. The quantitative estimate of drug-likeness (QED) is 0.801. The van der Waals surface area contributed by atoms with Crippen LogP contribution in [0.1, 0.15) is 5.56 Å². The number of carbonyl (C=O) groups is 1. The predicted molar refractivity (Wildman–Crippen MR) is 58.1 cm³/mol. The fourth-order valence-corrected chi connectivity index (χ4v) is 1.45. The first-order valence-electron chi connectivity index (χ1n) is 4.78. The molecule has 0 aliphatic rings. The van der Waals surface area contributed by atoms with E-state index < -0.39 is 17.9 Å². The highest BCUT2D eigenvalue weighted by molar-refractivity contribution is 5.73. The van der Waals surface area contributed by atoms with Crippen LogP contribution in [0.15, 0.2) is 18.2 Å². The number of aliphatic hydroxyl groups is 1. The number of carboxylic acids is 1. The van der Waals surface area contributed by atoms with Crippen LogP contribution in [0.3, 0.4) is 0 Å². The smallest absolute Gasteiger partial charge is 0.332 e. The first-order chi connectivity index (χ1) is 7.41. The molecule has 1 aromatic carbocycles. The number of carboxylic acid groups (broad SMARTS) is 1. The number of anilines is 1. The summed E-state index contributed by atoms with van der Waals surface area (Å²) in [6.45, 7) is 0. The maximum absolute atomic E-state index is 13.0. The van der Waals surface area contributed by atoms with Crippen molar-refractivity contribution in [1.82, 2.24) is 0 Å². The van der Waals surface area contributed by atoms with Crippen LogP contribution >= 0.6 is 0 Å². The molecule has 0 radical (unpaired) electrons. The molecule has 0 heterocycles. The molecule has 1 aromatic rings. The summed E-state index contributed by atoms with van der Waals surface area (Å²) in [6.07, 6.45) is -1.62. The van der Waals surface area contributed by atoms with Gasteiger partial charge in [0.2, 0.25) is 0 Å². The summed E-state index contributed by atoms with van der Waals surface area (Å²) in [4.78, 5) is 12.3. The second-order valence-electron chi connectivity index (χ2n) is 3.73. The molecule has 0 saturated carbocycles. The van der Waals surface area contributed by atoms with E-state index in [-0.39, 0.29) is 6.42 Å². The standard InChI is InChI=1S/C11H14FNO3/c1-13(2)9-4-3-8(12)5-7(9)6-10(14)11(15)16/h3-5,10,14H,6H2,1-2H3,(H,15,16). The number of aliphatic hydroxyl groups excluding tert-OH is 1. The predicted octanol–water partition coefficient (Wildman–Crippen LogP) is 0.880. The van der Waals surface area contributed by atoms with E-state index >= 15 is 0 Å². The van der Waals surface area contributed by atoms with Gasteiger partial charge in [0.05, 0.1) is 0 Å². The van der Waals surface area contributed by atoms with Gasteiger partial charge in [0.15, 0.2) is 6.10 Å². The van der Waals surface area contributed by atoms with Gasteiger partial charge in [0.25, 0.3) is 0 Å². The Hall–Kier alpha value is -1.62. The van der Waals surface area contributed by atoms with Gasteiger partial charge in [-0.05, 0) is 23.8 Å². The summed E-state index contributed by atoms with van der Waals surface area (Å²) in [6, 6.07) is 4.09. The Labute approximate surface area is 92.9 Å². The maximum atomic E-state index is 13.0. The number of rotatable bonds is 4. The minimum atomic E-state index is -1.51. The Morgan fingerprint density at radius 1 is 1.50 bits per heavy atom. The van der Waals surface area contributed by atoms with Crippen LogP contribution in [0.4, 0.5) is 10.1 Å². The zero-order chi connectivity index (χ0) is 12.3. The minimum Gasteiger partial charge on any atom is -0.479 e. The lowest BCUT2D eigenvalue weighted by atomic mass is 10.0. The fraction of sp³-hybridized carbons (Fsp3) is 0.364. The van der Waals surface area contributed by atoms with E-state index in [1.54, 1.807) is 25.1 Å². The van der Waals surface area contributed by atoms with E-state index in [1.165, 1.54) is 12.1 Å². The van der Waals surface area contributed by atoms with Crippen molar-refractivity contribution in [3.63, 3.8) is 0 Å². The molecule has 16 heavy (non-hydrogen) atoms. The van der Waals surface area contributed by atoms with Gasteiger partial charge in [0, 0.05) is 26.2 Å². The molecule has 0 spiro atoms. The van der Waals surface area contributed by atoms with Crippen molar-refractivity contribution in [2.75, 3.05) is 19.0 Å². The van der Waals surface area contributed by atoms with Crippen molar-refractivity contribution in [3.05, 3.63) is 29.6 Å². The Kier molecular flexibility index (Phi) is 3.84. The van der Waals surface area contributed by atoms with Crippen molar-refractivity contribution in [1.29, 1.82) is 0 Å². The summed E-state index contributed by atoms with van der Waals surface area (Å²) in [5.74, 6) is -1.76. The molecule has 1 unspecified atom stereocenters. The van der Waals surface area contributed by atoms with E-state index in [0.717, 1.165) is 0 Å². The van der Waals surface area contributed by atoms with Crippen molar-refractivity contribution in [3.8, 4) is 0 Å². The summed E-state index contributed by atoms with van der Waals surface area (Å²) in [7, 11) is 3.54. The van der Waals surface area contributed by atoms with Gasteiger partial charge in [-0.15, -0.1) is 0 Å². The van der Waals surface area contributed by atoms with Crippen LogP contribution in [0.2, 0.25) is 0 Å². The Morgan fingerprint density at radius 3 is 2.62 bits per heavy atom. The first-order valence-corrected chi connectivity index (χ1v) is 4.78. The van der Waals surface area contributed by atoms with Crippen LogP contribution in [-0.4, -0.2) is 36.4 Å². The molecule has 0 bridgehead atoms. The lowest BCUT2D eigenvalue weighted by Gasteiger charge is -2.18. The van der Waals surface area contributed by atoms with E-state index in [1.807, 2.05) is 0 Å². The highest BCUT2D eigenvalue weighted by Crippen LogP contribution is 2.21. The first kappa shape index (κ1) is 12.4. The molecule has 1 rings (SSSR count). The zero-order valence-electron chi connectivity index (χ0n) is 9.14. The van der Waals surface area contributed by atoms with Gasteiger partial charge in [-0.1, -0.05) is 0 Å². The SMILES string of the molecule is CN(C)c1ccc(F)cc1CC(O)C(=O)O. The maximum Gasteiger partial charge on any atom is 0.332 e. The molecule has 2 N–H and O–H groups in total. The second-order valence-corrected chi connectivity index (χ2v) is 3.73. The van der Waals surface area contributed by atoms with Gasteiger partial charge in [0.1, 0.15) is 5.82 Å². The van der Waals surface area contributed by atoms with Crippen LogP contribution in [0.25, 0.3) is 0 Å². The van der Waals surface area contributed by atoms with E-state index in [4.69, 9.17) is 5.11 Å². The molecule has 0 aliphatic carbocycles. The van der Waals surface area contributed by atoms with Crippen molar-refractivity contribution in [2.45, 2.75) is 12.5 Å². The average molecular weight is 227 g/mol. The third kappa shape index (κ3) is 2.93. The Bertz CT molecular complexity index is 393. The number of hydrogen-bond acceptors (Lipinski definition) is 3.